The van der Waals surface area contributed by atoms with Crippen LogP contribution in [-0.2, 0) is 4.74 Å². The van der Waals surface area contributed by atoms with Crippen molar-refractivity contribution < 1.29 is 14.2 Å². The van der Waals surface area contributed by atoms with Gasteiger partial charge in [-0.3, -0.25) is 0 Å². The van der Waals surface area contributed by atoms with Gasteiger partial charge >= 0.3 is 0 Å². The molecule has 0 aliphatic carbocycles. The summed E-state index contributed by atoms with van der Waals surface area (Å²) in [5, 5.41) is 9.21. The normalized spacial score (nSPS) is 12.8. The molecule has 0 heterocycles. The zero-order valence-electron chi connectivity index (χ0n) is 6.83. The van der Waals surface area contributed by atoms with Crippen molar-refractivity contribution in [2.45, 2.75) is 6.17 Å². The molecule has 0 aliphatic rings. The molecule has 66 valence electrons. The molecule has 0 saturated heterocycles. The van der Waals surface area contributed by atoms with Crippen LogP contribution in [0.4, 0.5) is 4.39 Å². The smallest absolute Gasteiger partial charge is 0.152 e. The number of hydrogen-bond donors (Lipinski definition) is 1. The Labute approximate surface area is 70.6 Å². The summed E-state index contributed by atoms with van der Waals surface area (Å²) in [7, 11) is 1.42. The van der Waals surface area contributed by atoms with Crippen molar-refractivity contribution in [2.24, 2.45) is 0 Å². The molecular weight excluding hydrogens is 159 g/mol. The second-order valence-corrected chi connectivity index (χ2v) is 2.48. The first-order valence-electron chi connectivity index (χ1n) is 3.66. The summed E-state index contributed by atoms with van der Waals surface area (Å²) >= 11 is 0. The fourth-order valence-electron chi connectivity index (χ4n) is 0.989. The van der Waals surface area contributed by atoms with Crippen LogP contribution in [-0.4, -0.2) is 18.8 Å². The lowest BCUT2D eigenvalue weighted by atomic mass is 10.1. The van der Waals surface area contributed by atoms with E-state index in [1.54, 1.807) is 18.2 Å². The minimum Gasteiger partial charge on any atom is -0.508 e. The Kier molecular flexibility index (Phi) is 3.05. The molecule has 1 aromatic rings. The molecule has 0 fully saturated rings. The van der Waals surface area contributed by atoms with Crippen LogP contribution in [0.3, 0.4) is 0 Å². The number of benzene rings is 1. The van der Waals surface area contributed by atoms with Crippen LogP contribution in [0.15, 0.2) is 24.3 Å². The highest BCUT2D eigenvalue weighted by Gasteiger charge is 2.12. The summed E-state index contributed by atoms with van der Waals surface area (Å²) in [6.45, 7) is -0.0302. The van der Waals surface area contributed by atoms with E-state index in [1.807, 2.05) is 0 Å². The number of phenols is 1. The van der Waals surface area contributed by atoms with Crippen molar-refractivity contribution in [3.63, 3.8) is 0 Å². The second-order valence-electron chi connectivity index (χ2n) is 2.48. The Hall–Kier alpha value is -1.09. The number of hydrogen-bond acceptors (Lipinski definition) is 2. The number of ether oxygens (including phenoxy) is 1. The van der Waals surface area contributed by atoms with E-state index in [0.717, 1.165) is 0 Å². The van der Waals surface area contributed by atoms with Crippen LogP contribution in [0.1, 0.15) is 11.7 Å². The first-order valence-corrected chi connectivity index (χ1v) is 3.66. The van der Waals surface area contributed by atoms with E-state index < -0.39 is 6.17 Å². The number of alkyl halides is 1. The van der Waals surface area contributed by atoms with Gasteiger partial charge in [0.1, 0.15) is 5.75 Å². The lowest BCUT2D eigenvalue weighted by Gasteiger charge is -2.08. The van der Waals surface area contributed by atoms with Crippen molar-refractivity contribution in [1.82, 2.24) is 0 Å². The first-order chi connectivity index (χ1) is 5.75. The largest absolute Gasteiger partial charge is 0.508 e. The Morgan fingerprint density at radius 2 is 2.17 bits per heavy atom. The summed E-state index contributed by atoms with van der Waals surface area (Å²) in [6, 6.07) is 6.33. The molecule has 0 amide bonds. The zero-order chi connectivity index (χ0) is 8.97. The number of para-hydroxylation sites is 1. The molecule has 3 heteroatoms. The molecule has 1 atom stereocenters. The fourth-order valence-corrected chi connectivity index (χ4v) is 0.989. The standard InChI is InChI=1S/C9H11FO2/c1-12-6-8(10)7-4-2-3-5-9(7)11/h2-5,8,11H,6H2,1H3. The van der Waals surface area contributed by atoms with Gasteiger partial charge < -0.3 is 9.84 Å². The Morgan fingerprint density at radius 3 is 2.75 bits per heavy atom. The maximum absolute atomic E-state index is 13.1. The van der Waals surface area contributed by atoms with Crippen LogP contribution in [0.2, 0.25) is 0 Å². The highest BCUT2D eigenvalue weighted by atomic mass is 19.1. The molecule has 2 nitrogen and oxygen atoms in total. The van der Waals surface area contributed by atoms with Gasteiger partial charge in [0, 0.05) is 12.7 Å². The molecule has 1 aromatic carbocycles. The average molecular weight is 170 g/mol. The zero-order valence-corrected chi connectivity index (χ0v) is 6.83. The summed E-state index contributed by atoms with van der Waals surface area (Å²) in [4.78, 5) is 0. The lowest BCUT2D eigenvalue weighted by Crippen LogP contribution is -2.00. The molecule has 0 aromatic heterocycles. The fraction of sp³-hybridized carbons (Fsp3) is 0.333. The number of rotatable bonds is 3. The van der Waals surface area contributed by atoms with Crippen molar-refractivity contribution in [3.05, 3.63) is 29.8 Å². The Bertz CT molecular complexity index is 250. The van der Waals surface area contributed by atoms with Crippen LogP contribution in [0, 0.1) is 0 Å². The van der Waals surface area contributed by atoms with Crippen molar-refractivity contribution in [2.75, 3.05) is 13.7 Å². The number of methoxy groups -OCH3 is 1. The number of halogens is 1. The molecule has 0 saturated carbocycles. The third-order valence-electron chi connectivity index (χ3n) is 1.59. The summed E-state index contributed by atoms with van der Waals surface area (Å²) in [5.41, 5.74) is 0.277. The van der Waals surface area contributed by atoms with Crippen LogP contribution in [0.5, 0.6) is 5.75 Å². The van der Waals surface area contributed by atoms with Gasteiger partial charge in [0.25, 0.3) is 0 Å². The first kappa shape index (κ1) is 9.00. The SMILES string of the molecule is COCC(F)c1ccccc1O. The molecule has 1 N–H and O–H groups in total. The predicted octanol–water partition coefficient (Wildman–Crippen LogP) is 2.05. The second kappa shape index (κ2) is 4.07. The topological polar surface area (TPSA) is 29.5 Å². The average Bonchev–Trinajstić information content (AvgIpc) is 2.05. The number of phenolic OH excluding ortho intramolecular Hbond substituents is 1. The summed E-state index contributed by atoms with van der Waals surface area (Å²) in [5.74, 6) is -0.0259. The third kappa shape index (κ3) is 1.95. The van der Waals surface area contributed by atoms with Gasteiger partial charge in [0.15, 0.2) is 6.17 Å². The van der Waals surface area contributed by atoms with Gasteiger partial charge in [-0.2, -0.15) is 0 Å². The molecular formula is C9H11FO2. The predicted molar refractivity (Wildman–Crippen MR) is 43.8 cm³/mol. The van der Waals surface area contributed by atoms with Gasteiger partial charge in [0.2, 0.25) is 0 Å². The maximum Gasteiger partial charge on any atom is 0.152 e. The molecule has 12 heavy (non-hydrogen) atoms. The molecule has 1 rings (SSSR count). The highest BCUT2D eigenvalue weighted by Crippen LogP contribution is 2.26. The molecule has 0 radical (unpaired) electrons. The molecule has 1 unspecified atom stereocenters. The van der Waals surface area contributed by atoms with Crippen molar-refractivity contribution in [1.29, 1.82) is 0 Å². The van der Waals surface area contributed by atoms with Gasteiger partial charge in [0.05, 0.1) is 6.61 Å². The lowest BCUT2D eigenvalue weighted by molar-refractivity contribution is 0.123. The molecule has 0 spiro atoms. The minimum atomic E-state index is -1.25. The summed E-state index contributed by atoms with van der Waals surface area (Å²) < 4.78 is 17.7. The minimum absolute atomic E-state index is 0.0259. The van der Waals surface area contributed by atoms with E-state index in [9.17, 15) is 9.50 Å². The van der Waals surface area contributed by atoms with Gasteiger partial charge in [-0.25, -0.2) is 4.39 Å². The van der Waals surface area contributed by atoms with E-state index in [2.05, 4.69) is 4.74 Å². The van der Waals surface area contributed by atoms with Crippen molar-refractivity contribution >= 4 is 0 Å². The van der Waals surface area contributed by atoms with Gasteiger partial charge in [-0.1, -0.05) is 18.2 Å². The maximum atomic E-state index is 13.1. The third-order valence-corrected chi connectivity index (χ3v) is 1.59. The Balaban J connectivity index is 2.79. The van der Waals surface area contributed by atoms with E-state index >= 15 is 0 Å². The van der Waals surface area contributed by atoms with E-state index in [1.165, 1.54) is 13.2 Å². The summed E-state index contributed by atoms with van der Waals surface area (Å²) in [6.07, 6.45) is -1.25. The molecule has 0 bridgehead atoms. The van der Waals surface area contributed by atoms with E-state index in [0.29, 0.717) is 0 Å². The van der Waals surface area contributed by atoms with E-state index in [4.69, 9.17) is 0 Å². The van der Waals surface area contributed by atoms with Crippen LogP contribution in [0.25, 0.3) is 0 Å². The Morgan fingerprint density at radius 1 is 1.50 bits per heavy atom. The van der Waals surface area contributed by atoms with Crippen LogP contribution < -0.4 is 0 Å². The highest BCUT2D eigenvalue weighted by molar-refractivity contribution is 5.33. The number of aromatic hydroxyl groups is 1. The van der Waals surface area contributed by atoms with E-state index in [-0.39, 0.29) is 17.9 Å². The van der Waals surface area contributed by atoms with Gasteiger partial charge in [-0.05, 0) is 6.07 Å². The quantitative estimate of drug-likeness (QED) is 0.752. The van der Waals surface area contributed by atoms with Crippen molar-refractivity contribution in [3.8, 4) is 5.75 Å². The monoisotopic (exact) mass is 170 g/mol. The van der Waals surface area contributed by atoms with Gasteiger partial charge in [-0.15, -0.1) is 0 Å². The van der Waals surface area contributed by atoms with Crippen LogP contribution >= 0.6 is 0 Å². The molecule has 0 aliphatic heterocycles.